The van der Waals surface area contributed by atoms with Crippen LogP contribution in [0.1, 0.15) is 0 Å². The van der Waals surface area contributed by atoms with Crippen molar-refractivity contribution in [1.82, 2.24) is 5.32 Å². The van der Waals surface area contributed by atoms with Crippen LogP contribution in [0.25, 0.3) is 0 Å². The van der Waals surface area contributed by atoms with E-state index in [1.165, 1.54) is 5.69 Å². The summed E-state index contributed by atoms with van der Waals surface area (Å²) in [6.45, 7) is 4.20. The monoisotopic (exact) mass is 172 g/mol. The van der Waals surface area contributed by atoms with Gasteiger partial charge in [-0.3, -0.25) is 0 Å². The average Bonchev–Trinajstić information content (AvgIpc) is 2.20. The Morgan fingerprint density at radius 1 is 1.15 bits per heavy atom. The van der Waals surface area contributed by atoms with Crippen molar-refractivity contribution >= 4 is 19.0 Å². The van der Waals surface area contributed by atoms with Crippen molar-refractivity contribution in [2.75, 3.05) is 31.1 Å². The maximum Gasteiger partial charge on any atom is 0.116 e. The summed E-state index contributed by atoms with van der Waals surface area (Å²) in [4.78, 5) is 2.33. The highest BCUT2D eigenvalue weighted by Gasteiger charge is 2.10. The Hall–Kier alpha value is -0.955. The molecule has 1 aliphatic heterocycles. The second kappa shape index (κ2) is 3.84. The van der Waals surface area contributed by atoms with Crippen molar-refractivity contribution in [2.45, 2.75) is 0 Å². The molecule has 2 radical (unpaired) electrons. The normalized spacial score (nSPS) is 17.4. The van der Waals surface area contributed by atoms with Gasteiger partial charge in [-0.25, -0.2) is 0 Å². The van der Waals surface area contributed by atoms with Crippen molar-refractivity contribution in [3.05, 3.63) is 24.3 Å². The molecule has 1 heterocycles. The highest BCUT2D eigenvalue weighted by molar-refractivity contribution is 6.35. The van der Waals surface area contributed by atoms with Crippen LogP contribution < -0.4 is 15.7 Å². The van der Waals surface area contributed by atoms with E-state index in [0.29, 0.717) is 0 Å². The van der Waals surface area contributed by atoms with E-state index < -0.39 is 0 Å². The van der Waals surface area contributed by atoms with Gasteiger partial charge < -0.3 is 10.2 Å². The van der Waals surface area contributed by atoms with E-state index in [-0.39, 0.29) is 0 Å². The van der Waals surface area contributed by atoms with Crippen LogP contribution >= 0.6 is 0 Å². The van der Waals surface area contributed by atoms with Crippen LogP contribution in [0.4, 0.5) is 5.69 Å². The molecule has 1 aliphatic rings. The molecule has 1 aromatic rings. The standard InChI is InChI=1S/C10H13BN2/c11-9-3-1-2-4-10(9)13-7-5-12-6-8-13/h1-4,12H,5-8H2. The Morgan fingerprint density at radius 2 is 1.85 bits per heavy atom. The third-order valence-electron chi connectivity index (χ3n) is 2.39. The van der Waals surface area contributed by atoms with Gasteiger partial charge in [0.15, 0.2) is 0 Å². The molecule has 13 heavy (non-hydrogen) atoms. The van der Waals surface area contributed by atoms with Gasteiger partial charge in [0.2, 0.25) is 0 Å². The average molecular weight is 172 g/mol. The highest BCUT2D eigenvalue weighted by Crippen LogP contribution is 2.10. The summed E-state index contributed by atoms with van der Waals surface area (Å²) in [5, 5.41) is 3.32. The van der Waals surface area contributed by atoms with Crippen LogP contribution in [0.5, 0.6) is 0 Å². The summed E-state index contributed by atoms with van der Waals surface area (Å²) in [5.74, 6) is 0. The SMILES string of the molecule is [B]c1ccccc1N1CCNCC1. The molecule has 0 bridgehead atoms. The molecule has 2 nitrogen and oxygen atoms in total. The van der Waals surface area contributed by atoms with E-state index in [2.05, 4.69) is 16.3 Å². The van der Waals surface area contributed by atoms with Gasteiger partial charge in [-0.15, -0.1) is 0 Å². The zero-order valence-corrected chi connectivity index (χ0v) is 7.66. The van der Waals surface area contributed by atoms with Crippen LogP contribution in [0.2, 0.25) is 0 Å². The molecule has 0 amide bonds. The van der Waals surface area contributed by atoms with Gasteiger partial charge >= 0.3 is 0 Å². The van der Waals surface area contributed by atoms with Gasteiger partial charge in [0.1, 0.15) is 7.85 Å². The first-order valence-corrected chi connectivity index (χ1v) is 4.68. The number of nitrogens with one attached hydrogen (secondary N) is 1. The Balaban J connectivity index is 2.18. The summed E-state index contributed by atoms with van der Waals surface area (Å²) >= 11 is 0. The number of hydrogen-bond donors (Lipinski definition) is 1. The lowest BCUT2D eigenvalue weighted by Gasteiger charge is -2.30. The number of rotatable bonds is 1. The van der Waals surface area contributed by atoms with Crippen LogP contribution in [-0.2, 0) is 0 Å². The molecule has 0 unspecified atom stereocenters. The van der Waals surface area contributed by atoms with Gasteiger partial charge in [0, 0.05) is 31.9 Å². The Morgan fingerprint density at radius 3 is 2.54 bits per heavy atom. The molecule has 1 saturated heterocycles. The van der Waals surface area contributed by atoms with Crippen molar-refractivity contribution in [1.29, 1.82) is 0 Å². The topological polar surface area (TPSA) is 15.3 Å². The van der Waals surface area contributed by atoms with Gasteiger partial charge in [0.05, 0.1) is 0 Å². The Bertz CT molecular complexity index is 282. The van der Waals surface area contributed by atoms with E-state index in [0.717, 1.165) is 31.6 Å². The molecule has 2 rings (SSSR count). The molecule has 1 N–H and O–H groups in total. The van der Waals surface area contributed by atoms with Gasteiger partial charge in [-0.1, -0.05) is 23.7 Å². The van der Waals surface area contributed by atoms with Crippen molar-refractivity contribution in [2.24, 2.45) is 0 Å². The molecule has 0 atom stereocenters. The van der Waals surface area contributed by atoms with E-state index in [9.17, 15) is 0 Å². The summed E-state index contributed by atoms with van der Waals surface area (Å²) in [5.41, 5.74) is 2.05. The summed E-state index contributed by atoms with van der Waals surface area (Å²) in [6.07, 6.45) is 0. The first kappa shape index (κ1) is 8.63. The van der Waals surface area contributed by atoms with Gasteiger partial charge in [-0.05, 0) is 6.07 Å². The lowest BCUT2D eigenvalue weighted by molar-refractivity contribution is 0.590. The molecule has 3 heteroatoms. The first-order chi connectivity index (χ1) is 6.38. The summed E-state index contributed by atoms with van der Waals surface area (Å²) in [7, 11) is 5.89. The lowest BCUT2D eigenvalue weighted by atomic mass is 9.93. The molecule has 1 fully saturated rings. The molecule has 0 aliphatic carbocycles. The van der Waals surface area contributed by atoms with Crippen LogP contribution in [0, 0.1) is 0 Å². The fourth-order valence-electron chi connectivity index (χ4n) is 1.68. The van der Waals surface area contributed by atoms with Crippen molar-refractivity contribution < 1.29 is 0 Å². The second-order valence-corrected chi connectivity index (χ2v) is 3.30. The Labute approximate surface area is 80.3 Å². The third-order valence-corrected chi connectivity index (χ3v) is 2.39. The lowest BCUT2D eigenvalue weighted by Crippen LogP contribution is -2.45. The minimum Gasteiger partial charge on any atom is -0.369 e. The van der Waals surface area contributed by atoms with E-state index in [4.69, 9.17) is 7.85 Å². The number of hydrogen-bond acceptors (Lipinski definition) is 2. The summed E-state index contributed by atoms with van der Waals surface area (Å²) < 4.78 is 0. The van der Waals surface area contributed by atoms with Crippen molar-refractivity contribution in [3.8, 4) is 0 Å². The number of piperazine rings is 1. The molecule has 66 valence electrons. The fourth-order valence-corrected chi connectivity index (χ4v) is 1.68. The van der Waals surface area contributed by atoms with Crippen molar-refractivity contribution in [3.63, 3.8) is 0 Å². The largest absolute Gasteiger partial charge is 0.369 e. The highest BCUT2D eigenvalue weighted by atomic mass is 15.2. The zero-order chi connectivity index (χ0) is 9.10. The van der Waals surface area contributed by atoms with E-state index >= 15 is 0 Å². The smallest absolute Gasteiger partial charge is 0.116 e. The van der Waals surface area contributed by atoms with Crippen LogP contribution in [0.15, 0.2) is 24.3 Å². The number of para-hydroxylation sites is 1. The number of anilines is 1. The summed E-state index contributed by atoms with van der Waals surface area (Å²) in [6, 6.07) is 8.05. The van der Waals surface area contributed by atoms with Gasteiger partial charge in [0.25, 0.3) is 0 Å². The molecule has 0 spiro atoms. The second-order valence-electron chi connectivity index (χ2n) is 3.30. The third kappa shape index (κ3) is 1.86. The van der Waals surface area contributed by atoms with Gasteiger partial charge in [-0.2, -0.15) is 0 Å². The molecular weight excluding hydrogens is 159 g/mol. The van der Waals surface area contributed by atoms with E-state index in [1.54, 1.807) is 0 Å². The first-order valence-electron chi connectivity index (χ1n) is 4.68. The predicted molar refractivity (Wildman–Crippen MR) is 56.9 cm³/mol. The molecule has 0 saturated carbocycles. The predicted octanol–water partition coefficient (Wildman–Crippen LogP) is -0.110. The Kier molecular flexibility index (Phi) is 2.55. The molecular formula is C10H13BN2. The number of nitrogens with zero attached hydrogens (tertiary/aromatic N) is 1. The number of benzene rings is 1. The fraction of sp³-hybridized carbons (Fsp3) is 0.400. The minimum atomic E-state index is 0.879. The molecule has 0 aromatic heterocycles. The van der Waals surface area contributed by atoms with Crippen LogP contribution in [-0.4, -0.2) is 34.0 Å². The quantitative estimate of drug-likeness (QED) is 0.594. The van der Waals surface area contributed by atoms with E-state index in [1.807, 2.05) is 18.2 Å². The van der Waals surface area contributed by atoms with Crippen LogP contribution in [0.3, 0.4) is 0 Å². The minimum absolute atomic E-state index is 0.879. The maximum atomic E-state index is 5.89. The zero-order valence-electron chi connectivity index (χ0n) is 7.66. The molecule has 1 aromatic carbocycles. The maximum absolute atomic E-state index is 5.89.